The van der Waals surface area contributed by atoms with E-state index in [1.165, 1.54) is 11.4 Å². The number of para-hydroxylation sites is 2. The number of hydrogen-bond donors (Lipinski definition) is 3. The number of carbonyl (C=O) groups is 2. The molecule has 0 saturated heterocycles. The zero-order valence-corrected chi connectivity index (χ0v) is 24.4. The zero-order valence-electron chi connectivity index (χ0n) is 23.6. The van der Waals surface area contributed by atoms with Crippen molar-refractivity contribution in [2.45, 2.75) is 37.8 Å². The fourth-order valence-corrected chi connectivity index (χ4v) is 5.79. The molecule has 41 heavy (non-hydrogen) atoms. The van der Waals surface area contributed by atoms with E-state index < -0.39 is 28.2 Å². The lowest BCUT2D eigenvalue weighted by molar-refractivity contribution is 0.0389. The molecule has 4 rings (SSSR count). The van der Waals surface area contributed by atoms with Crippen molar-refractivity contribution < 1.29 is 27.9 Å². The normalized spacial score (nSPS) is 18.1. The van der Waals surface area contributed by atoms with Gasteiger partial charge in [-0.2, -0.15) is 4.31 Å². The van der Waals surface area contributed by atoms with Crippen LogP contribution in [0, 0.1) is 12.8 Å². The predicted octanol–water partition coefficient (Wildman–Crippen LogP) is 4.18. The highest BCUT2D eigenvalue weighted by molar-refractivity contribution is 7.89. The molecule has 0 bridgehead atoms. The third-order valence-corrected chi connectivity index (χ3v) is 8.97. The monoisotopic (exact) mass is 580 g/mol. The summed E-state index contributed by atoms with van der Waals surface area (Å²) in [6, 6.07) is 19.3. The van der Waals surface area contributed by atoms with Crippen LogP contribution in [0.2, 0.25) is 0 Å². The number of amides is 3. The van der Waals surface area contributed by atoms with Crippen molar-refractivity contribution in [3.8, 4) is 5.75 Å². The molecule has 0 radical (unpaired) electrons. The molecule has 0 aliphatic carbocycles. The Balaban J connectivity index is 1.68. The van der Waals surface area contributed by atoms with E-state index in [1.54, 1.807) is 78.6 Å². The zero-order chi connectivity index (χ0) is 29.7. The minimum Gasteiger partial charge on any atom is -0.486 e. The van der Waals surface area contributed by atoms with Crippen LogP contribution >= 0.6 is 0 Å². The molecule has 0 fully saturated rings. The Morgan fingerprint density at radius 3 is 2.41 bits per heavy atom. The molecular formula is C30H36N4O6S. The molecule has 0 aromatic heterocycles. The average Bonchev–Trinajstić information content (AvgIpc) is 2.95. The molecule has 1 aliphatic heterocycles. The molecule has 1 aliphatic rings. The Morgan fingerprint density at radius 2 is 1.76 bits per heavy atom. The predicted molar refractivity (Wildman–Crippen MR) is 158 cm³/mol. The number of benzene rings is 3. The maximum Gasteiger partial charge on any atom is 0.323 e. The van der Waals surface area contributed by atoms with Gasteiger partial charge in [-0.15, -0.1) is 0 Å². The highest BCUT2D eigenvalue weighted by Gasteiger charge is 2.36. The van der Waals surface area contributed by atoms with E-state index in [0.29, 0.717) is 5.69 Å². The fraction of sp³-hybridized carbons (Fsp3) is 0.333. The van der Waals surface area contributed by atoms with E-state index in [0.717, 1.165) is 5.56 Å². The van der Waals surface area contributed by atoms with Crippen molar-refractivity contribution >= 4 is 33.3 Å². The van der Waals surface area contributed by atoms with E-state index in [1.807, 2.05) is 19.9 Å². The second-order valence-corrected chi connectivity index (χ2v) is 12.4. The molecule has 3 atom stereocenters. The van der Waals surface area contributed by atoms with Crippen molar-refractivity contribution in [1.29, 1.82) is 0 Å². The van der Waals surface area contributed by atoms with Crippen molar-refractivity contribution in [3.63, 3.8) is 0 Å². The standard InChI is InChI=1S/C30H36N4O6S/c1-20-13-15-24(16-14-20)41(38,39)33(4)18-27-21(2)17-34(22(3)19-35)29(36)25-11-8-12-26(28(25)40-27)32-30(37)31-23-9-6-5-7-10-23/h5-16,21-22,27,35H,17-19H2,1-4H3,(H2,31,32,37)/t21-,22-,27-/m1/s1. The topological polar surface area (TPSA) is 128 Å². The Morgan fingerprint density at radius 1 is 1.07 bits per heavy atom. The summed E-state index contributed by atoms with van der Waals surface area (Å²) in [4.78, 5) is 28.2. The molecule has 0 spiro atoms. The summed E-state index contributed by atoms with van der Waals surface area (Å²) in [5, 5.41) is 15.4. The molecule has 3 aromatic carbocycles. The number of ether oxygens (including phenoxy) is 1. The number of sulfonamides is 1. The number of aryl methyl sites for hydroxylation is 1. The van der Waals surface area contributed by atoms with Crippen molar-refractivity contribution in [2.24, 2.45) is 5.92 Å². The number of likely N-dealkylation sites (N-methyl/N-ethyl adjacent to an activating group) is 1. The SMILES string of the molecule is Cc1ccc(S(=O)(=O)N(C)C[C@H]2Oc3c(NC(=O)Nc4ccccc4)cccc3C(=O)N([C@H](C)CO)C[C@H]2C)cc1. The first-order valence-electron chi connectivity index (χ1n) is 13.4. The number of aliphatic hydroxyl groups excluding tert-OH is 1. The summed E-state index contributed by atoms with van der Waals surface area (Å²) in [5.41, 5.74) is 1.98. The molecule has 0 unspecified atom stereocenters. The number of anilines is 2. The van der Waals surface area contributed by atoms with Crippen LogP contribution in [-0.2, 0) is 10.0 Å². The summed E-state index contributed by atoms with van der Waals surface area (Å²) in [6.45, 7) is 5.45. The van der Waals surface area contributed by atoms with E-state index in [2.05, 4.69) is 10.6 Å². The molecule has 10 nitrogen and oxygen atoms in total. The highest BCUT2D eigenvalue weighted by Crippen LogP contribution is 2.35. The third-order valence-electron chi connectivity index (χ3n) is 7.14. The highest BCUT2D eigenvalue weighted by atomic mass is 32.2. The minimum atomic E-state index is -3.83. The number of carbonyl (C=O) groups excluding carboxylic acids is 2. The average molecular weight is 581 g/mol. The number of fused-ring (bicyclic) bond motifs is 1. The Hall–Kier alpha value is -3.93. The maximum absolute atomic E-state index is 13.7. The van der Waals surface area contributed by atoms with Crippen LogP contribution in [0.5, 0.6) is 5.75 Å². The first-order valence-corrected chi connectivity index (χ1v) is 14.8. The smallest absolute Gasteiger partial charge is 0.323 e. The number of hydrogen-bond acceptors (Lipinski definition) is 6. The van der Waals surface area contributed by atoms with Gasteiger partial charge in [0.1, 0.15) is 6.10 Å². The largest absolute Gasteiger partial charge is 0.486 e. The first-order chi connectivity index (χ1) is 19.5. The lowest BCUT2D eigenvalue weighted by Gasteiger charge is -2.38. The molecule has 3 N–H and O–H groups in total. The van der Waals surface area contributed by atoms with Gasteiger partial charge in [-0.25, -0.2) is 13.2 Å². The Bertz CT molecular complexity index is 1480. The van der Waals surface area contributed by atoms with Gasteiger partial charge in [-0.3, -0.25) is 4.79 Å². The lowest BCUT2D eigenvalue weighted by atomic mass is 9.99. The molecule has 1 heterocycles. The van der Waals surface area contributed by atoms with Gasteiger partial charge in [0, 0.05) is 25.2 Å². The lowest BCUT2D eigenvalue weighted by Crippen LogP contribution is -2.50. The minimum absolute atomic E-state index is 0.0170. The van der Waals surface area contributed by atoms with E-state index in [4.69, 9.17) is 4.74 Å². The summed E-state index contributed by atoms with van der Waals surface area (Å²) >= 11 is 0. The van der Waals surface area contributed by atoms with Gasteiger partial charge in [0.15, 0.2) is 5.75 Å². The van der Waals surface area contributed by atoms with Gasteiger partial charge in [0.2, 0.25) is 10.0 Å². The van der Waals surface area contributed by atoms with Crippen LogP contribution in [0.25, 0.3) is 0 Å². The third kappa shape index (κ3) is 6.87. The first kappa shape index (κ1) is 30.0. The van der Waals surface area contributed by atoms with Gasteiger partial charge >= 0.3 is 6.03 Å². The second kappa shape index (κ2) is 12.7. The van der Waals surface area contributed by atoms with Gasteiger partial charge in [0.05, 0.1) is 35.3 Å². The molecule has 218 valence electrons. The van der Waals surface area contributed by atoms with Gasteiger partial charge in [0.25, 0.3) is 5.91 Å². The quantitative estimate of drug-likeness (QED) is 0.367. The molecule has 11 heteroatoms. The molecule has 0 saturated carbocycles. The van der Waals surface area contributed by atoms with Gasteiger partial charge < -0.3 is 25.4 Å². The fourth-order valence-electron chi connectivity index (χ4n) is 4.61. The van der Waals surface area contributed by atoms with Crippen LogP contribution < -0.4 is 15.4 Å². The number of urea groups is 1. The van der Waals surface area contributed by atoms with Crippen LogP contribution in [0.3, 0.4) is 0 Å². The molecule has 3 amide bonds. The van der Waals surface area contributed by atoms with Crippen molar-refractivity contribution in [1.82, 2.24) is 9.21 Å². The van der Waals surface area contributed by atoms with Crippen LogP contribution in [0.15, 0.2) is 77.7 Å². The Kier molecular flexibility index (Phi) is 9.31. The van der Waals surface area contributed by atoms with Crippen LogP contribution in [-0.4, -0.2) is 73.6 Å². The number of nitrogens with zero attached hydrogens (tertiary/aromatic N) is 2. The van der Waals surface area contributed by atoms with E-state index >= 15 is 0 Å². The van der Waals surface area contributed by atoms with Gasteiger partial charge in [-0.1, -0.05) is 48.9 Å². The molecule has 3 aromatic rings. The summed E-state index contributed by atoms with van der Waals surface area (Å²) in [7, 11) is -2.35. The number of aliphatic hydroxyl groups is 1. The van der Waals surface area contributed by atoms with Crippen LogP contribution in [0.1, 0.15) is 29.8 Å². The summed E-state index contributed by atoms with van der Waals surface area (Å²) in [5.74, 6) is -0.559. The van der Waals surface area contributed by atoms with E-state index in [-0.39, 0.29) is 53.4 Å². The van der Waals surface area contributed by atoms with E-state index in [9.17, 15) is 23.1 Å². The summed E-state index contributed by atoms with van der Waals surface area (Å²) in [6.07, 6.45) is -0.694. The number of nitrogens with one attached hydrogen (secondary N) is 2. The summed E-state index contributed by atoms with van der Waals surface area (Å²) < 4.78 is 34.4. The van der Waals surface area contributed by atoms with Crippen molar-refractivity contribution in [2.75, 3.05) is 37.4 Å². The Labute approximate surface area is 241 Å². The molecular weight excluding hydrogens is 544 g/mol. The van der Waals surface area contributed by atoms with Crippen molar-refractivity contribution in [3.05, 3.63) is 83.9 Å². The maximum atomic E-state index is 13.7. The number of rotatable bonds is 8. The second-order valence-electron chi connectivity index (χ2n) is 10.3. The van der Waals surface area contributed by atoms with Crippen LogP contribution in [0.4, 0.5) is 16.2 Å². The van der Waals surface area contributed by atoms with Gasteiger partial charge in [-0.05, 0) is 50.2 Å².